The molecule has 1 aromatic heterocycles. The minimum Gasteiger partial charge on any atom is -0.490 e. The molecule has 1 N–H and O–H groups in total. The fourth-order valence-corrected chi connectivity index (χ4v) is 11.8. The lowest BCUT2D eigenvalue weighted by Gasteiger charge is -2.46. The van der Waals surface area contributed by atoms with Crippen LogP contribution in [-0.4, -0.2) is 122 Å². The molecule has 16 heteroatoms. The number of aryl methyl sites for hydroxylation is 2. The van der Waals surface area contributed by atoms with E-state index in [9.17, 15) is 9.59 Å². The number of nitrogens with one attached hydrogen (secondary N) is 1. The summed E-state index contributed by atoms with van der Waals surface area (Å²) in [5.41, 5.74) is 3.28. The van der Waals surface area contributed by atoms with Crippen molar-refractivity contribution >= 4 is 39.0 Å². The summed E-state index contributed by atoms with van der Waals surface area (Å²) in [6, 6.07) is 11.5. The number of hydrogen-bond acceptors (Lipinski definition) is 11. The summed E-state index contributed by atoms with van der Waals surface area (Å²) < 4.78 is 53.9. The number of carbonyl (C=O) groups is 2. The van der Waals surface area contributed by atoms with Gasteiger partial charge < -0.3 is 28.6 Å². The van der Waals surface area contributed by atoms with E-state index in [1.807, 2.05) is 31.2 Å². The number of fused-ring (bicyclic) bond motifs is 4. The van der Waals surface area contributed by atoms with E-state index in [0.717, 1.165) is 62.4 Å². The van der Waals surface area contributed by atoms with Gasteiger partial charge in [0.05, 0.1) is 50.1 Å². The molecule has 2 bridgehead atoms. The minimum atomic E-state index is -3.78. The van der Waals surface area contributed by atoms with Gasteiger partial charge in [-0.2, -0.15) is 0 Å². The second kappa shape index (κ2) is 17.8. The van der Waals surface area contributed by atoms with Crippen LogP contribution in [0.25, 0.3) is 0 Å². The number of nitrogens with zero attached hydrogens (tertiary/aromatic N) is 5. The molecule has 1 saturated carbocycles. The standard InChI is InChI=1S/C44H57ClN6O8S/c1-28-25-60(54,48-42(53)35-24-49(2)46-43(35)57-5)47-41(52)30-9-13-40-37(20-30)51(26-44(27-59-40)16-6-7-29-19-32(45)10-12-36(29)44)21-31-8-11-34(31)39(56-4)15-14-38(28)58-18-17-50-22-33(23-50)55-3/h9-10,12-15,19-20,24,28,31,33-34,38-39H,6-8,11,16-18,21-23,25-27H2,1-5H3,(H,47,48,52,53,54)/b15-14+/t28-,31+,34-,38+,39+,44+,60+/m1/s1. The van der Waals surface area contributed by atoms with Crippen molar-refractivity contribution in [2.75, 3.05) is 77.9 Å². The normalized spacial score (nSPS) is 30.1. The van der Waals surface area contributed by atoms with Crippen LogP contribution < -0.4 is 19.1 Å². The quantitative estimate of drug-likeness (QED) is 0.274. The van der Waals surface area contributed by atoms with Crippen molar-refractivity contribution in [3.63, 3.8) is 0 Å². The van der Waals surface area contributed by atoms with Crippen molar-refractivity contribution in [3.8, 4) is 11.6 Å². The molecular weight excluding hydrogens is 808 g/mol. The molecule has 60 heavy (non-hydrogen) atoms. The fourth-order valence-electron chi connectivity index (χ4n) is 9.69. The largest absolute Gasteiger partial charge is 0.490 e. The average Bonchev–Trinajstić information content (AvgIpc) is 3.52. The summed E-state index contributed by atoms with van der Waals surface area (Å²) in [5.74, 6) is -0.783. The first-order chi connectivity index (χ1) is 28.9. The van der Waals surface area contributed by atoms with Crippen LogP contribution in [0.15, 0.2) is 59.1 Å². The molecule has 1 saturated heterocycles. The first-order valence-electron chi connectivity index (χ1n) is 21.0. The van der Waals surface area contributed by atoms with Gasteiger partial charge in [-0.1, -0.05) is 36.7 Å². The number of ether oxygens (including phenoxy) is 5. The Bertz CT molecular complexity index is 2240. The number of benzene rings is 2. The highest BCUT2D eigenvalue weighted by Crippen LogP contribution is 2.47. The van der Waals surface area contributed by atoms with Crippen molar-refractivity contribution < 1.29 is 37.5 Å². The maximum absolute atomic E-state index is 15.1. The second-order valence-corrected chi connectivity index (χ2v) is 19.6. The molecule has 1 spiro atoms. The topological polar surface area (TPSA) is 146 Å². The van der Waals surface area contributed by atoms with Crippen LogP contribution in [0, 0.1) is 17.8 Å². The molecule has 14 nitrogen and oxygen atoms in total. The first-order valence-corrected chi connectivity index (χ1v) is 23.0. The highest BCUT2D eigenvalue weighted by molar-refractivity contribution is 7.92. The lowest BCUT2D eigenvalue weighted by Crippen LogP contribution is -2.52. The van der Waals surface area contributed by atoms with Crippen LogP contribution in [0.5, 0.6) is 11.6 Å². The fraction of sp³-hybridized carbons (Fsp3) is 0.568. The highest BCUT2D eigenvalue weighted by atomic mass is 35.5. The lowest BCUT2D eigenvalue weighted by atomic mass is 9.68. The molecule has 8 rings (SSSR count). The van der Waals surface area contributed by atoms with Crippen molar-refractivity contribution in [2.45, 2.75) is 62.8 Å². The average molecular weight is 865 g/mol. The molecule has 0 radical (unpaired) electrons. The van der Waals surface area contributed by atoms with E-state index in [-0.39, 0.29) is 46.3 Å². The molecule has 2 amide bonds. The third-order valence-corrected chi connectivity index (χ3v) is 15.3. The Kier molecular flexibility index (Phi) is 12.6. The van der Waals surface area contributed by atoms with Gasteiger partial charge in [-0.3, -0.25) is 23.9 Å². The monoisotopic (exact) mass is 864 g/mol. The molecule has 2 aliphatic carbocycles. The van der Waals surface area contributed by atoms with Crippen molar-refractivity contribution in [1.82, 2.24) is 19.4 Å². The first kappa shape index (κ1) is 42.7. The predicted octanol–water partition coefficient (Wildman–Crippen LogP) is 5.47. The van der Waals surface area contributed by atoms with E-state index in [0.29, 0.717) is 38.0 Å². The van der Waals surface area contributed by atoms with E-state index in [2.05, 4.69) is 42.2 Å². The zero-order chi connectivity index (χ0) is 42.2. The molecule has 2 aromatic carbocycles. The number of hydrogen-bond donors (Lipinski definition) is 1. The number of amides is 2. The SMILES string of the molecule is COc1nn(C)cc1C(=O)N[S@@]1(=O)=NC(=O)c2ccc3c(c2)N(C[C@@H]2CC[C@H]2[C@@H](OC)/C=C/[C@H](OCCN2CC(OC)C2)[C@H](C)C1)C[C@@]1(CCCc2cc(Cl)ccc21)CO3. The predicted molar refractivity (Wildman–Crippen MR) is 230 cm³/mol. The maximum atomic E-state index is 15.1. The Morgan fingerprint density at radius 1 is 1.07 bits per heavy atom. The third kappa shape index (κ3) is 8.84. The molecule has 2 fully saturated rings. The highest BCUT2D eigenvalue weighted by Gasteiger charge is 2.45. The van der Waals surface area contributed by atoms with Crippen LogP contribution in [0.2, 0.25) is 5.02 Å². The zero-order valence-corrected chi connectivity index (χ0v) is 36.7. The van der Waals surface area contributed by atoms with Gasteiger partial charge in [0, 0.05) is 82.1 Å². The summed E-state index contributed by atoms with van der Waals surface area (Å²) >= 11 is 6.50. The van der Waals surface area contributed by atoms with Gasteiger partial charge in [-0.15, -0.1) is 9.46 Å². The van der Waals surface area contributed by atoms with Gasteiger partial charge in [0.25, 0.3) is 11.8 Å². The van der Waals surface area contributed by atoms with Crippen molar-refractivity contribution in [3.05, 3.63) is 82.0 Å². The summed E-state index contributed by atoms with van der Waals surface area (Å²) in [6.07, 6.45) is 9.99. The van der Waals surface area contributed by atoms with Crippen LogP contribution in [-0.2, 0) is 43.0 Å². The summed E-state index contributed by atoms with van der Waals surface area (Å²) in [6.45, 7) is 6.55. The molecule has 0 unspecified atom stereocenters. The van der Waals surface area contributed by atoms with Gasteiger partial charge >= 0.3 is 0 Å². The Balaban J connectivity index is 1.18. The van der Waals surface area contributed by atoms with Crippen molar-refractivity contribution in [1.29, 1.82) is 0 Å². The van der Waals surface area contributed by atoms with Gasteiger partial charge in [0.15, 0.2) is 0 Å². The lowest BCUT2D eigenvalue weighted by molar-refractivity contribution is -0.0473. The molecule has 3 aliphatic heterocycles. The van der Waals surface area contributed by atoms with E-state index >= 15 is 4.21 Å². The van der Waals surface area contributed by atoms with Gasteiger partial charge in [-0.25, -0.2) is 4.21 Å². The molecule has 5 aliphatic rings. The number of aromatic nitrogens is 2. The van der Waals surface area contributed by atoms with Gasteiger partial charge in [-0.05, 0) is 85.4 Å². The van der Waals surface area contributed by atoms with E-state index < -0.39 is 33.8 Å². The Morgan fingerprint density at radius 3 is 2.63 bits per heavy atom. The van der Waals surface area contributed by atoms with Crippen LogP contribution >= 0.6 is 11.6 Å². The van der Waals surface area contributed by atoms with Crippen LogP contribution in [0.1, 0.15) is 64.4 Å². The minimum absolute atomic E-state index is 0.0589. The van der Waals surface area contributed by atoms with Crippen LogP contribution in [0.3, 0.4) is 0 Å². The second-order valence-electron chi connectivity index (χ2n) is 17.2. The third-order valence-electron chi connectivity index (χ3n) is 13.1. The molecule has 324 valence electrons. The smallest absolute Gasteiger partial charge is 0.286 e. The maximum Gasteiger partial charge on any atom is 0.286 e. The van der Waals surface area contributed by atoms with E-state index in [4.69, 9.17) is 35.3 Å². The van der Waals surface area contributed by atoms with E-state index in [1.165, 1.54) is 29.1 Å². The number of methoxy groups -OCH3 is 3. The summed E-state index contributed by atoms with van der Waals surface area (Å²) in [7, 11) is 2.75. The molecule has 7 atom stereocenters. The number of carbonyl (C=O) groups excluding carboxylic acids is 2. The van der Waals surface area contributed by atoms with Gasteiger partial charge in [0.2, 0.25) is 5.88 Å². The number of anilines is 1. The molecule has 3 aromatic rings. The van der Waals surface area contributed by atoms with Crippen LogP contribution in [0.4, 0.5) is 5.69 Å². The van der Waals surface area contributed by atoms with Gasteiger partial charge in [0.1, 0.15) is 21.2 Å². The number of likely N-dealkylation sites (tertiary alicyclic amines) is 1. The molecule has 4 heterocycles. The number of halogens is 1. The Labute approximate surface area is 358 Å². The Hall–Kier alpha value is -3.99. The number of rotatable bonds is 9. The van der Waals surface area contributed by atoms with E-state index in [1.54, 1.807) is 27.3 Å². The van der Waals surface area contributed by atoms with Crippen molar-refractivity contribution in [2.24, 2.45) is 29.2 Å². The molecular formula is C44H57ClN6O8S. The summed E-state index contributed by atoms with van der Waals surface area (Å²) in [5, 5.41) is 4.92. The zero-order valence-electron chi connectivity index (χ0n) is 35.1. The Morgan fingerprint density at radius 2 is 1.88 bits per heavy atom. The summed E-state index contributed by atoms with van der Waals surface area (Å²) in [4.78, 5) is 32.9.